The first-order chi connectivity index (χ1) is 15.2. The van der Waals surface area contributed by atoms with Crippen molar-refractivity contribution in [1.82, 2.24) is 4.90 Å². The van der Waals surface area contributed by atoms with Crippen molar-refractivity contribution in [3.05, 3.63) is 58.5 Å². The van der Waals surface area contributed by atoms with E-state index in [0.29, 0.717) is 27.1 Å². The fraction of sp³-hybridized carbons (Fsp3) is 0.182. The lowest BCUT2D eigenvalue weighted by atomic mass is 10.2. The summed E-state index contributed by atoms with van der Waals surface area (Å²) >= 11 is 1.18. The number of aromatic carboxylic acids is 1. The minimum Gasteiger partial charge on any atom is -0.493 e. The van der Waals surface area contributed by atoms with Crippen LogP contribution in [0.1, 0.15) is 22.8 Å². The Morgan fingerprint density at radius 1 is 1.12 bits per heavy atom. The van der Waals surface area contributed by atoms with Crippen LogP contribution in [0, 0.1) is 0 Å². The number of hydrogen-bond donors (Lipinski definition) is 2. The normalized spacial score (nSPS) is 17.0. The number of carboxylic acid groups (broad SMARTS) is 2. The van der Waals surface area contributed by atoms with Crippen molar-refractivity contribution in [2.24, 2.45) is 4.99 Å². The highest BCUT2D eigenvalue weighted by Gasteiger charge is 2.30. The molecule has 1 atom stereocenters. The van der Waals surface area contributed by atoms with E-state index < -0.39 is 18.0 Å². The quantitative estimate of drug-likeness (QED) is 0.607. The second-order valence-corrected chi connectivity index (χ2v) is 7.74. The third kappa shape index (κ3) is 5.09. The molecular formula is C22H20N2O7S. The molecule has 0 saturated carbocycles. The SMILES string of the molecule is COc1cc(/C=C2\SC(=Nc3ccc(C(=O)O)cc3)N(C)C2=O)ccc1OC(C)C(=O)O. The Balaban J connectivity index is 1.83. The second kappa shape index (κ2) is 9.56. The van der Waals surface area contributed by atoms with Gasteiger partial charge < -0.3 is 19.7 Å². The van der Waals surface area contributed by atoms with E-state index in [2.05, 4.69) is 4.99 Å². The number of nitrogens with zero attached hydrogens (tertiary/aromatic N) is 2. The highest BCUT2D eigenvalue weighted by molar-refractivity contribution is 8.18. The van der Waals surface area contributed by atoms with Gasteiger partial charge in [-0.2, -0.15) is 0 Å². The number of carbonyl (C=O) groups excluding carboxylic acids is 1. The number of carbonyl (C=O) groups is 3. The molecule has 1 amide bonds. The van der Waals surface area contributed by atoms with Crippen LogP contribution in [-0.2, 0) is 9.59 Å². The summed E-state index contributed by atoms with van der Waals surface area (Å²) in [6.07, 6.45) is 0.629. The van der Waals surface area contributed by atoms with Gasteiger partial charge in [-0.25, -0.2) is 14.6 Å². The van der Waals surface area contributed by atoms with Gasteiger partial charge in [0.15, 0.2) is 22.8 Å². The van der Waals surface area contributed by atoms with Crippen molar-refractivity contribution in [3.63, 3.8) is 0 Å². The molecule has 1 saturated heterocycles. The van der Waals surface area contributed by atoms with E-state index in [9.17, 15) is 14.4 Å². The number of thioether (sulfide) groups is 1. The van der Waals surface area contributed by atoms with Crippen molar-refractivity contribution in [1.29, 1.82) is 0 Å². The number of ether oxygens (including phenoxy) is 2. The van der Waals surface area contributed by atoms with E-state index in [1.54, 1.807) is 43.5 Å². The summed E-state index contributed by atoms with van der Waals surface area (Å²) in [5.74, 6) is -1.75. The van der Waals surface area contributed by atoms with Crippen LogP contribution in [0.3, 0.4) is 0 Å². The van der Waals surface area contributed by atoms with E-state index in [0.717, 1.165) is 0 Å². The largest absolute Gasteiger partial charge is 0.493 e. The molecule has 1 aliphatic rings. The van der Waals surface area contributed by atoms with E-state index in [1.165, 1.54) is 42.8 Å². The van der Waals surface area contributed by atoms with Gasteiger partial charge in [0.25, 0.3) is 5.91 Å². The summed E-state index contributed by atoms with van der Waals surface area (Å²) in [4.78, 5) is 40.9. The van der Waals surface area contributed by atoms with Gasteiger partial charge in [-0.15, -0.1) is 0 Å². The van der Waals surface area contributed by atoms with Crippen LogP contribution in [0.5, 0.6) is 11.5 Å². The lowest BCUT2D eigenvalue weighted by molar-refractivity contribution is -0.144. The van der Waals surface area contributed by atoms with Gasteiger partial charge in [-0.05, 0) is 66.7 Å². The molecule has 2 aromatic rings. The number of aliphatic imine (C=N–C) groups is 1. The van der Waals surface area contributed by atoms with Crippen LogP contribution in [0.25, 0.3) is 6.08 Å². The van der Waals surface area contributed by atoms with Crippen LogP contribution in [0.2, 0.25) is 0 Å². The van der Waals surface area contributed by atoms with Crippen LogP contribution in [0.15, 0.2) is 52.4 Å². The molecule has 10 heteroatoms. The number of amides is 1. The maximum Gasteiger partial charge on any atom is 0.344 e. The Kier molecular flexibility index (Phi) is 6.84. The third-order valence-electron chi connectivity index (χ3n) is 4.48. The first kappa shape index (κ1) is 22.9. The fourth-order valence-electron chi connectivity index (χ4n) is 2.70. The molecular weight excluding hydrogens is 436 g/mol. The number of benzene rings is 2. The third-order valence-corrected chi connectivity index (χ3v) is 5.54. The summed E-state index contributed by atoms with van der Waals surface area (Å²) < 4.78 is 10.7. The molecule has 0 spiro atoms. The zero-order chi connectivity index (χ0) is 23.4. The summed E-state index contributed by atoms with van der Waals surface area (Å²) in [5, 5.41) is 18.5. The summed E-state index contributed by atoms with van der Waals surface area (Å²) in [5.41, 5.74) is 1.33. The first-order valence-corrected chi connectivity index (χ1v) is 10.2. The van der Waals surface area contributed by atoms with Gasteiger partial charge in [0.2, 0.25) is 0 Å². The molecule has 0 radical (unpaired) electrons. The fourth-order valence-corrected chi connectivity index (χ4v) is 3.69. The van der Waals surface area contributed by atoms with Gasteiger partial charge in [-0.3, -0.25) is 9.69 Å². The minimum absolute atomic E-state index is 0.150. The number of rotatable bonds is 7. The highest BCUT2D eigenvalue weighted by Crippen LogP contribution is 2.35. The molecule has 166 valence electrons. The zero-order valence-electron chi connectivity index (χ0n) is 17.4. The van der Waals surface area contributed by atoms with Crippen LogP contribution >= 0.6 is 11.8 Å². The number of aliphatic carboxylic acids is 1. The standard InChI is InChI=1S/C22H20N2O7S/c1-12(20(26)27)31-16-9-4-13(10-17(16)30-3)11-18-19(25)24(2)22(32-18)23-15-7-5-14(6-8-15)21(28)29/h4-12H,1-3H3,(H,26,27)(H,28,29)/b18-11-,23-22?. The highest BCUT2D eigenvalue weighted by atomic mass is 32.2. The summed E-state index contributed by atoms with van der Waals surface area (Å²) in [6.45, 7) is 1.41. The minimum atomic E-state index is -1.10. The number of methoxy groups -OCH3 is 1. The Labute approximate surface area is 188 Å². The molecule has 32 heavy (non-hydrogen) atoms. The van der Waals surface area contributed by atoms with E-state index in [-0.39, 0.29) is 17.2 Å². The number of carboxylic acids is 2. The van der Waals surface area contributed by atoms with E-state index in [1.807, 2.05) is 0 Å². The second-order valence-electron chi connectivity index (χ2n) is 6.73. The van der Waals surface area contributed by atoms with E-state index in [4.69, 9.17) is 19.7 Å². The van der Waals surface area contributed by atoms with Gasteiger partial charge in [-0.1, -0.05) is 6.07 Å². The van der Waals surface area contributed by atoms with Crippen molar-refractivity contribution in [3.8, 4) is 11.5 Å². The van der Waals surface area contributed by atoms with Crippen LogP contribution in [0.4, 0.5) is 5.69 Å². The number of amidine groups is 1. The lowest BCUT2D eigenvalue weighted by Gasteiger charge is -2.14. The molecule has 2 aromatic carbocycles. The molecule has 0 aliphatic carbocycles. The lowest BCUT2D eigenvalue weighted by Crippen LogP contribution is -2.23. The summed E-state index contributed by atoms with van der Waals surface area (Å²) in [6, 6.07) is 10.9. The molecule has 3 rings (SSSR count). The van der Waals surface area contributed by atoms with Crippen molar-refractivity contribution < 1.29 is 34.1 Å². The molecule has 1 aliphatic heterocycles. The van der Waals surface area contributed by atoms with Gasteiger partial charge in [0.05, 0.1) is 23.3 Å². The van der Waals surface area contributed by atoms with Crippen molar-refractivity contribution >= 4 is 46.5 Å². The van der Waals surface area contributed by atoms with Gasteiger partial charge >= 0.3 is 11.9 Å². The molecule has 1 fully saturated rings. The predicted molar refractivity (Wildman–Crippen MR) is 120 cm³/mol. The van der Waals surface area contributed by atoms with Crippen LogP contribution < -0.4 is 9.47 Å². The average Bonchev–Trinajstić information content (AvgIpc) is 3.02. The van der Waals surface area contributed by atoms with Crippen molar-refractivity contribution in [2.75, 3.05) is 14.2 Å². The zero-order valence-corrected chi connectivity index (χ0v) is 18.3. The summed E-state index contributed by atoms with van der Waals surface area (Å²) in [7, 11) is 3.04. The Morgan fingerprint density at radius 3 is 2.41 bits per heavy atom. The smallest absolute Gasteiger partial charge is 0.344 e. The molecule has 9 nitrogen and oxygen atoms in total. The number of likely N-dealkylation sites (N-methyl/N-ethyl adjacent to an activating group) is 1. The van der Waals surface area contributed by atoms with Crippen molar-refractivity contribution in [2.45, 2.75) is 13.0 Å². The Bertz CT molecular complexity index is 1130. The predicted octanol–water partition coefficient (Wildman–Crippen LogP) is 3.48. The topological polar surface area (TPSA) is 126 Å². The Morgan fingerprint density at radius 2 is 1.81 bits per heavy atom. The van der Waals surface area contributed by atoms with Crippen LogP contribution in [-0.4, -0.2) is 58.4 Å². The molecule has 2 N–H and O–H groups in total. The maximum absolute atomic E-state index is 12.7. The van der Waals surface area contributed by atoms with Gasteiger partial charge in [0.1, 0.15) is 0 Å². The molecule has 1 unspecified atom stereocenters. The first-order valence-electron chi connectivity index (χ1n) is 9.36. The molecule has 1 heterocycles. The average molecular weight is 456 g/mol. The molecule has 0 bridgehead atoms. The maximum atomic E-state index is 12.7. The number of hydrogen-bond acceptors (Lipinski definition) is 7. The van der Waals surface area contributed by atoms with E-state index >= 15 is 0 Å². The van der Waals surface area contributed by atoms with Gasteiger partial charge in [0, 0.05) is 7.05 Å². The molecule has 0 aromatic heterocycles. The Hall–Kier alpha value is -3.79. The monoisotopic (exact) mass is 456 g/mol.